The third-order valence-corrected chi connectivity index (χ3v) is 3.69. The van der Waals surface area contributed by atoms with Crippen LogP contribution in [0.25, 0.3) is 0 Å². The Balaban J connectivity index is 0.00000242. The lowest BCUT2D eigenvalue weighted by Gasteiger charge is -2.32. The second kappa shape index (κ2) is 9.42. The molecule has 1 aromatic carbocycles. The van der Waals surface area contributed by atoms with Crippen molar-refractivity contribution in [1.29, 1.82) is 5.26 Å². The molecule has 0 radical (unpaired) electrons. The van der Waals surface area contributed by atoms with Crippen molar-refractivity contribution in [3.8, 4) is 6.07 Å². The Kier molecular flexibility index (Phi) is 7.89. The van der Waals surface area contributed by atoms with Crippen LogP contribution in [0.1, 0.15) is 35.2 Å². The van der Waals surface area contributed by atoms with Crippen molar-refractivity contribution in [3.05, 3.63) is 35.4 Å². The maximum atomic E-state index is 12.4. The first kappa shape index (κ1) is 18.4. The number of piperidine rings is 1. The smallest absolute Gasteiger partial charge is 0.253 e. The molecule has 1 saturated heterocycles. The molecule has 1 aliphatic rings. The van der Waals surface area contributed by atoms with Crippen molar-refractivity contribution >= 4 is 18.3 Å². The summed E-state index contributed by atoms with van der Waals surface area (Å²) < 4.78 is 5.73. The second-order valence-electron chi connectivity index (χ2n) is 5.19. The molecular formula is C16H22ClN3O2. The van der Waals surface area contributed by atoms with Gasteiger partial charge < -0.3 is 15.4 Å². The molecule has 2 rings (SSSR count). The first-order valence-electron chi connectivity index (χ1n) is 7.35. The third-order valence-electron chi connectivity index (χ3n) is 3.69. The average Bonchev–Trinajstić information content (AvgIpc) is 2.55. The van der Waals surface area contributed by atoms with E-state index in [9.17, 15) is 4.79 Å². The molecule has 0 aliphatic carbocycles. The van der Waals surface area contributed by atoms with Gasteiger partial charge in [0.25, 0.3) is 5.91 Å². The highest BCUT2D eigenvalue weighted by molar-refractivity contribution is 5.94. The summed E-state index contributed by atoms with van der Waals surface area (Å²) in [6.07, 6.45) is 2.85. The van der Waals surface area contributed by atoms with Crippen LogP contribution in [0.5, 0.6) is 0 Å². The molecule has 0 spiro atoms. The summed E-state index contributed by atoms with van der Waals surface area (Å²) in [4.78, 5) is 14.2. The molecule has 1 heterocycles. The SMILES string of the molecule is Cl.N#Cc1ccc(C(=O)N2CCC(OCCCN)CC2)cc1. The van der Waals surface area contributed by atoms with E-state index in [-0.39, 0.29) is 24.4 Å². The zero-order valence-corrected chi connectivity index (χ0v) is 13.3. The lowest BCUT2D eigenvalue weighted by atomic mass is 10.1. The Bertz CT molecular complexity index is 505. The Labute approximate surface area is 137 Å². The molecule has 22 heavy (non-hydrogen) atoms. The number of nitrogens with zero attached hydrogens (tertiary/aromatic N) is 2. The summed E-state index contributed by atoms with van der Waals surface area (Å²) in [5, 5.41) is 8.77. The molecule has 5 nitrogen and oxygen atoms in total. The monoisotopic (exact) mass is 323 g/mol. The first-order valence-corrected chi connectivity index (χ1v) is 7.35. The molecule has 120 valence electrons. The van der Waals surface area contributed by atoms with E-state index in [2.05, 4.69) is 6.07 Å². The van der Waals surface area contributed by atoms with Crippen molar-refractivity contribution in [2.75, 3.05) is 26.2 Å². The van der Waals surface area contributed by atoms with E-state index < -0.39 is 0 Å². The fraction of sp³-hybridized carbons (Fsp3) is 0.500. The molecular weight excluding hydrogens is 302 g/mol. The zero-order chi connectivity index (χ0) is 15.1. The summed E-state index contributed by atoms with van der Waals surface area (Å²) in [5.41, 5.74) is 6.64. The van der Waals surface area contributed by atoms with E-state index in [1.807, 2.05) is 4.90 Å². The zero-order valence-electron chi connectivity index (χ0n) is 12.5. The first-order chi connectivity index (χ1) is 10.2. The number of hydrogen-bond donors (Lipinski definition) is 1. The number of ether oxygens (including phenoxy) is 1. The minimum Gasteiger partial charge on any atom is -0.378 e. The fourth-order valence-corrected chi connectivity index (χ4v) is 2.43. The quantitative estimate of drug-likeness (QED) is 0.840. The van der Waals surface area contributed by atoms with Gasteiger partial charge in [-0.1, -0.05) is 0 Å². The van der Waals surface area contributed by atoms with Crippen molar-refractivity contribution in [3.63, 3.8) is 0 Å². The standard InChI is InChI=1S/C16H21N3O2.ClH/c17-8-1-11-21-15-6-9-19(10-7-15)16(20)14-4-2-13(12-18)3-5-14;/h2-5,15H,1,6-11,17H2;1H. The highest BCUT2D eigenvalue weighted by Gasteiger charge is 2.23. The van der Waals surface area contributed by atoms with E-state index in [1.54, 1.807) is 24.3 Å². The number of benzene rings is 1. The third kappa shape index (κ3) is 4.99. The molecule has 0 unspecified atom stereocenters. The summed E-state index contributed by atoms with van der Waals surface area (Å²) in [7, 11) is 0. The summed E-state index contributed by atoms with van der Waals surface area (Å²) in [5.74, 6) is 0.0277. The normalized spacial score (nSPS) is 15.0. The lowest BCUT2D eigenvalue weighted by molar-refractivity contribution is 0.00845. The Morgan fingerprint density at radius 2 is 1.95 bits per heavy atom. The van der Waals surface area contributed by atoms with Gasteiger partial charge in [-0.15, -0.1) is 12.4 Å². The van der Waals surface area contributed by atoms with Crippen LogP contribution in [0.2, 0.25) is 0 Å². The topological polar surface area (TPSA) is 79.3 Å². The van der Waals surface area contributed by atoms with Crippen LogP contribution in [0, 0.1) is 11.3 Å². The summed E-state index contributed by atoms with van der Waals surface area (Å²) >= 11 is 0. The van der Waals surface area contributed by atoms with Gasteiger partial charge >= 0.3 is 0 Å². The van der Waals surface area contributed by atoms with E-state index >= 15 is 0 Å². The molecule has 1 aromatic rings. The van der Waals surface area contributed by atoms with E-state index in [4.69, 9.17) is 15.7 Å². The summed E-state index contributed by atoms with van der Waals surface area (Å²) in [6.45, 7) is 2.78. The number of amides is 1. The van der Waals surface area contributed by atoms with Crippen LogP contribution < -0.4 is 5.73 Å². The molecule has 1 aliphatic heterocycles. The number of nitrogens with two attached hydrogens (primary N) is 1. The Hall–Kier alpha value is -1.61. The van der Waals surface area contributed by atoms with Crippen molar-refractivity contribution in [2.45, 2.75) is 25.4 Å². The molecule has 0 aromatic heterocycles. The van der Waals surface area contributed by atoms with E-state index in [0.717, 1.165) is 19.3 Å². The van der Waals surface area contributed by atoms with Gasteiger partial charge in [-0.25, -0.2) is 0 Å². The van der Waals surface area contributed by atoms with Gasteiger partial charge in [-0.3, -0.25) is 4.79 Å². The Morgan fingerprint density at radius 3 is 2.50 bits per heavy atom. The molecule has 1 amide bonds. The second-order valence-corrected chi connectivity index (χ2v) is 5.19. The highest BCUT2D eigenvalue weighted by atomic mass is 35.5. The number of rotatable bonds is 5. The largest absolute Gasteiger partial charge is 0.378 e. The number of carbonyl (C=O) groups is 1. The predicted molar refractivity (Wildman–Crippen MR) is 87.0 cm³/mol. The van der Waals surface area contributed by atoms with Gasteiger partial charge in [-0.2, -0.15) is 5.26 Å². The van der Waals surface area contributed by atoms with E-state index in [1.165, 1.54) is 0 Å². The number of hydrogen-bond acceptors (Lipinski definition) is 4. The number of likely N-dealkylation sites (tertiary alicyclic amines) is 1. The minimum atomic E-state index is 0. The molecule has 0 atom stereocenters. The number of halogens is 1. The summed E-state index contributed by atoms with van der Waals surface area (Å²) in [6, 6.07) is 8.83. The maximum Gasteiger partial charge on any atom is 0.253 e. The molecule has 6 heteroatoms. The molecule has 0 saturated carbocycles. The van der Waals surface area contributed by atoms with Gasteiger partial charge in [0.1, 0.15) is 0 Å². The van der Waals surface area contributed by atoms with E-state index in [0.29, 0.717) is 37.4 Å². The number of carbonyl (C=O) groups excluding carboxylic acids is 1. The molecule has 1 fully saturated rings. The van der Waals surface area contributed by atoms with Crippen molar-refractivity contribution in [1.82, 2.24) is 4.90 Å². The van der Waals surface area contributed by atoms with Crippen LogP contribution in [0.15, 0.2) is 24.3 Å². The number of nitriles is 1. The molecule has 0 bridgehead atoms. The van der Waals surface area contributed by atoms with Gasteiger partial charge in [0.05, 0.1) is 17.7 Å². The van der Waals surface area contributed by atoms with Gasteiger partial charge in [0.15, 0.2) is 0 Å². The van der Waals surface area contributed by atoms with Crippen LogP contribution in [0.3, 0.4) is 0 Å². The van der Waals surface area contributed by atoms with Crippen molar-refractivity contribution in [2.24, 2.45) is 5.73 Å². The van der Waals surface area contributed by atoms with Gasteiger partial charge in [0, 0.05) is 25.3 Å². The highest BCUT2D eigenvalue weighted by Crippen LogP contribution is 2.17. The van der Waals surface area contributed by atoms with Crippen LogP contribution >= 0.6 is 12.4 Å². The fourth-order valence-electron chi connectivity index (χ4n) is 2.43. The van der Waals surface area contributed by atoms with Crippen molar-refractivity contribution < 1.29 is 9.53 Å². The maximum absolute atomic E-state index is 12.4. The Morgan fingerprint density at radius 1 is 1.32 bits per heavy atom. The van der Waals surface area contributed by atoms with Crippen LogP contribution in [-0.2, 0) is 4.74 Å². The average molecular weight is 324 g/mol. The van der Waals surface area contributed by atoms with Gasteiger partial charge in [0.2, 0.25) is 0 Å². The lowest BCUT2D eigenvalue weighted by Crippen LogP contribution is -2.41. The van der Waals surface area contributed by atoms with Crippen LogP contribution in [0.4, 0.5) is 0 Å². The van der Waals surface area contributed by atoms with Gasteiger partial charge in [-0.05, 0) is 50.1 Å². The minimum absolute atomic E-state index is 0. The van der Waals surface area contributed by atoms with Crippen LogP contribution in [-0.4, -0.2) is 43.2 Å². The molecule has 2 N–H and O–H groups in total. The predicted octanol–water partition coefficient (Wildman–Crippen LogP) is 1.95.